The van der Waals surface area contributed by atoms with Crippen molar-refractivity contribution in [3.8, 4) is 0 Å². The van der Waals surface area contributed by atoms with E-state index in [0.717, 1.165) is 31.8 Å². The summed E-state index contributed by atoms with van der Waals surface area (Å²) in [5.74, 6) is -1.96. The van der Waals surface area contributed by atoms with Crippen molar-refractivity contribution in [2.45, 2.75) is 37.6 Å². The zero-order valence-corrected chi connectivity index (χ0v) is 11.0. The van der Waals surface area contributed by atoms with E-state index in [-0.39, 0.29) is 11.6 Å². The van der Waals surface area contributed by atoms with Crippen molar-refractivity contribution >= 4 is 11.9 Å². The molecule has 3 rings (SSSR count). The molecule has 0 amide bonds. The maximum atomic E-state index is 11.4. The molecule has 2 aliphatic rings. The van der Waals surface area contributed by atoms with E-state index in [1.165, 1.54) is 0 Å². The fourth-order valence-electron chi connectivity index (χ4n) is 3.25. The predicted molar refractivity (Wildman–Crippen MR) is 69.0 cm³/mol. The number of carboxylic acid groups (broad SMARTS) is 2. The Morgan fingerprint density at radius 2 is 2.10 bits per heavy atom. The number of nitrogens with zero attached hydrogens (tertiary/aromatic N) is 2. The van der Waals surface area contributed by atoms with Gasteiger partial charge in [0.15, 0.2) is 5.69 Å². The summed E-state index contributed by atoms with van der Waals surface area (Å²) in [4.78, 5) is 27.0. The summed E-state index contributed by atoms with van der Waals surface area (Å²) >= 11 is 0. The smallest absolute Gasteiger partial charge is 0.356 e. The van der Waals surface area contributed by atoms with E-state index >= 15 is 0 Å². The van der Waals surface area contributed by atoms with E-state index in [0.29, 0.717) is 18.7 Å². The third-order valence-corrected chi connectivity index (χ3v) is 4.17. The molecule has 0 radical (unpaired) electrons. The van der Waals surface area contributed by atoms with Crippen molar-refractivity contribution in [2.75, 3.05) is 13.1 Å². The number of hydrogen-bond acceptors (Lipinski definition) is 4. The number of aromatic nitrogens is 2. The molecule has 7 nitrogen and oxygen atoms in total. The normalized spacial score (nSPS) is 25.4. The van der Waals surface area contributed by atoms with Crippen LogP contribution in [0.15, 0.2) is 0 Å². The van der Waals surface area contributed by atoms with Gasteiger partial charge in [0.25, 0.3) is 0 Å². The van der Waals surface area contributed by atoms with Crippen LogP contribution in [0.5, 0.6) is 0 Å². The van der Waals surface area contributed by atoms with Crippen molar-refractivity contribution < 1.29 is 19.8 Å². The molecule has 2 unspecified atom stereocenters. The number of nitrogens with one attached hydrogen (secondary N) is 1. The SMILES string of the molecule is O=C(O)c1nc(C2CCNC2)n2c1C(C(=O)O)CCC2. The molecule has 0 saturated carbocycles. The third kappa shape index (κ3) is 1.98. The summed E-state index contributed by atoms with van der Waals surface area (Å²) in [6.45, 7) is 2.32. The first kappa shape index (κ1) is 13.1. The Hall–Kier alpha value is -1.89. The number of imidazole rings is 1. The molecule has 1 aromatic heterocycles. The molecular weight excluding hydrogens is 262 g/mol. The first-order valence-corrected chi connectivity index (χ1v) is 6.86. The van der Waals surface area contributed by atoms with Gasteiger partial charge in [0.05, 0.1) is 11.6 Å². The summed E-state index contributed by atoms with van der Waals surface area (Å²) in [7, 11) is 0. The molecule has 0 aromatic carbocycles. The van der Waals surface area contributed by atoms with Gasteiger partial charge in [0.1, 0.15) is 5.82 Å². The van der Waals surface area contributed by atoms with Gasteiger partial charge in [0.2, 0.25) is 0 Å². The molecule has 3 N–H and O–H groups in total. The highest BCUT2D eigenvalue weighted by Crippen LogP contribution is 2.34. The van der Waals surface area contributed by atoms with Gasteiger partial charge in [0, 0.05) is 19.0 Å². The average molecular weight is 279 g/mol. The molecule has 0 spiro atoms. The quantitative estimate of drug-likeness (QED) is 0.749. The van der Waals surface area contributed by atoms with Crippen LogP contribution in [-0.4, -0.2) is 44.8 Å². The summed E-state index contributed by atoms with van der Waals surface area (Å²) in [5, 5.41) is 21.9. The highest BCUT2D eigenvalue weighted by Gasteiger charge is 2.36. The molecule has 108 valence electrons. The van der Waals surface area contributed by atoms with Crippen LogP contribution in [0.3, 0.4) is 0 Å². The predicted octanol–water partition coefficient (Wildman–Crippen LogP) is 0.620. The van der Waals surface area contributed by atoms with Crippen LogP contribution in [0.25, 0.3) is 0 Å². The zero-order valence-electron chi connectivity index (χ0n) is 11.0. The summed E-state index contributed by atoms with van der Waals surface area (Å²) in [5.41, 5.74) is 0.289. The molecule has 2 aliphatic heterocycles. The highest BCUT2D eigenvalue weighted by molar-refractivity contribution is 5.90. The van der Waals surface area contributed by atoms with Crippen molar-refractivity contribution in [1.29, 1.82) is 0 Å². The number of aromatic carboxylic acids is 1. The minimum atomic E-state index is -1.14. The molecule has 0 bridgehead atoms. The first-order valence-electron chi connectivity index (χ1n) is 6.86. The van der Waals surface area contributed by atoms with E-state index in [2.05, 4.69) is 10.3 Å². The van der Waals surface area contributed by atoms with E-state index in [1.54, 1.807) is 0 Å². The van der Waals surface area contributed by atoms with Gasteiger partial charge in [-0.2, -0.15) is 0 Å². The molecule has 20 heavy (non-hydrogen) atoms. The second-order valence-corrected chi connectivity index (χ2v) is 5.38. The summed E-state index contributed by atoms with van der Waals surface area (Å²) in [6.07, 6.45) is 2.13. The van der Waals surface area contributed by atoms with E-state index in [1.807, 2.05) is 4.57 Å². The lowest BCUT2D eigenvalue weighted by molar-refractivity contribution is -0.139. The van der Waals surface area contributed by atoms with Gasteiger partial charge in [-0.05, 0) is 25.8 Å². The first-order chi connectivity index (χ1) is 9.59. The molecule has 3 heterocycles. The number of carbonyl (C=O) groups is 2. The van der Waals surface area contributed by atoms with Crippen LogP contribution in [0, 0.1) is 0 Å². The van der Waals surface area contributed by atoms with Crippen molar-refractivity contribution in [3.63, 3.8) is 0 Å². The summed E-state index contributed by atoms with van der Waals surface area (Å²) in [6, 6.07) is 0. The van der Waals surface area contributed by atoms with Crippen LogP contribution in [0.1, 0.15) is 53.1 Å². The Morgan fingerprint density at radius 3 is 2.70 bits per heavy atom. The van der Waals surface area contributed by atoms with Gasteiger partial charge >= 0.3 is 11.9 Å². The Bertz CT molecular complexity index is 560. The topological polar surface area (TPSA) is 104 Å². The zero-order chi connectivity index (χ0) is 14.3. The number of carboxylic acids is 2. The Morgan fingerprint density at radius 1 is 1.30 bits per heavy atom. The van der Waals surface area contributed by atoms with Crippen molar-refractivity contribution in [1.82, 2.24) is 14.9 Å². The minimum absolute atomic E-state index is 0.0843. The maximum Gasteiger partial charge on any atom is 0.356 e. The van der Waals surface area contributed by atoms with Crippen LogP contribution in [0.4, 0.5) is 0 Å². The fourth-order valence-corrected chi connectivity index (χ4v) is 3.25. The van der Waals surface area contributed by atoms with Gasteiger partial charge in [-0.25, -0.2) is 9.78 Å². The molecule has 0 aliphatic carbocycles. The third-order valence-electron chi connectivity index (χ3n) is 4.17. The van der Waals surface area contributed by atoms with Gasteiger partial charge in [-0.3, -0.25) is 4.79 Å². The Kier molecular flexibility index (Phi) is 3.21. The molecule has 2 atom stereocenters. The Labute approximate surface area is 115 Å². The molecule has 1 saturated heterocycles. The van der Waals surface area contributed by atoms with Crippen LogP contribution < -0.4 is 5.32 Å². The molecule has 7 heteroatoms. The summed E-state index contributed by atoms with van der Waals surface area (Å²) < 4.78 is 1.84. The molecular formula is C13H17N3O4. The highest BCUT2D eigenvalue weighted by atomic mass is 16.4. The van der Waals surface area contributed by atoms with E-state index in [4.69, 9.17) is 0 Å². The lowest BCUT2D eigenvalue weighted by Crippen LogP contribution is -2.25. The van der Waals surface area contributed by atoms with Gasteiger partial charge < -0.3 is 20.1 Å². The van der Waals surface area contributed by atoms with E-state index in [9.17, 15) is 19.8 Å². The van der Waals surface area contributed by atoms with E-state index < -0.39 is 17.9 Å². The number of aliphatic carboxylic acids is 1. The number of rotatable bonds is 3. The van der Waals surface area contributed by atoms with Crippen LogP contribution >= 0.6 is 0 Å². The number of hydrogen-bond donors (Lipinski definition) is 3. The Balaban J connectivity index is 2.12. The standard InChI is InChI=1S/C13H17N3O4/c17-12(18)8-2-1-5-16-10(8)9(13(19)20)15-11(16)7-3-4-14-6-7/h7-8,14H,1-6H2,(H,17,18)(H,19,20). The van der Waals surface area contributed by atoms with Gasteiger partial charge in [-0.1, -0.05) is 0 Å². The largest absolute Gasteiger partial charge is 0.481 e. The van der Waals surface area contributed by atoms with Crippen molar-refractivity contribution in [3.05, 3.63) is 17.2 Å². The second kappa shape index (κ2) is 4.90. The average Bonchev–Trinajstić information content (AvgIpc) is 3.04. The minimum Gasteiger partial charge on any atom is -0.481 e. The van der Waals surface area contributed by atoms with Crippen LogP contribution in [0.2, 0.25) is 0 Å². The van der Waals surface area contributed by atoms with Crippen LogP contribution in [-0.2, 0) is 11.3 Å². The maximum absolute atomic E-state index is 11.4. The number of fused-ring (bicyclic) bond motifs is 1. The molecule has 1 aromatic rings. The molecule has 1 fully saturated rings. The van der Waals surface area contributed by atoms with Gasteiger partial charge in [-0.15, -0.1) is 0 Å². The lowest BCUT2D eigenvalue weighted by atomic mass is 9.94. The monoisotopic (exact) mass is 279 g/mol. The fraction of sp³-hybridized carbons (Fsp3) is 0.615. The second-order valence-electron chi connectivity index (χ2n) is 5.38. The lowest BCUT2D eigenvalue weighted by Gasteiger charge is -2.24. The van der Waals surface area contributed by atoms with Crippen molar-refractivity contribution in [2.24, 2.45) is 0 Å².